The van der Waals surface area contributed by atoms with Gasteiger partial charge in [-0.2, -0.15) is 0 Å². The molecule has 0 aliphatic carbocycles. The number of nitrogens with two attached hydrogens (primary N) is 1. The van der Waals surface area contributed by atoms with Crippen LogP contribution in [-0.4, -0.2) is 19.6 Å². The average molecular weight is 349 g/mol. The van der Waals surface area contributed by atoms with Crippen LogP contribution in [0, 0.1) is 0 Å². The van der Waals surface area contributed by atoms with E-state index in [0.717, 1.165) is 11.1 Å². The van der Waals surface area contributed by atoms with E-state index < -0.39 is 0 Å². The molecule has 0 atom stereocenters. The molecule has 0 heterocycles. The molecule has 0 fully saturated rings. The zero-order chi connectivity index (χ0) is 17.5. The van der Waals surface area contributed by atoms with Gasteiger partial charge in [0.15, 0.2) is 11.5 Å². The maximum Gasteiger partial charge on any atom is 0.224 e. The summed E-state index contributed by atoms with van der Waals surface area (Å²) in [6.45, 7) is 2.73. The van der Waals surface area contributed by atoms with Crippen molar-refractivity contribution < 1.29 is 14.3 Å². The number of anilines is 1. The lowest BCUT2D eigenvalue weighted by Gasteiger charge is -2.13. The first-order valence-corrected chi connectivity index (χ1v) is 8.01. The maximum absolute atomic E-state index is 12.0. The molecule has 0 radical (unpaired) electrons. The summed E-state index contributed by atoms with van der Waals surface area (Å²) in [4.78, 5) is 12.0. The predicted octanol–water partition coefficient (Wildman–Crippen LogP) is 3.19. The second-order valence-corrected chi connectivity index (χ2v) is 5.64. The molecule has 0 saturated heterocycles. The summed E-state index contributed by atoms with van der Waals surface area (Å²) in [5.74, 6) is 0.981. The minimum atomic E-state index is -0.0799. The third kappa shape index (κ3) is 4.80. The van der Waals surface area contributed by atoms with E-state index in [1.54, 1.807) is 31.4 Å². The highest BCUT2D eigenvalue weighted by Gasteiger charge is 2.12. The smallest absolute Gasteiger partial charge is 0.224 e. The fourth-order valence-electron chi connectivity index (χ4n) is 2.24. The van der Waals surface area contributed by atoms with Gasteiger partial charge in [-0.3, -0.25) is 4.79 Å². The molecular formula is C18H21ClN2O3. The van der Waals surface area contributed by atoms with Crippen LogP contribution in [0.25, 0.3) is 0 Å². The molecule has 128 valence electrons. The number of carbonyl (C=O) groups is 1. The molecule has 3 N–H and O–H groups in total. The number of ether oxygens (including phenoxy) is 2. The molecule has 0 spiro atoms. The van der Waals surface area contributed by atoms with Gasteiger partial charge in [0.25, 0.3) is 0 Å². The zero-order valence-electron chi connectivity index (χ0n) is 13.8. The third-order valence-electron chi connectivity index (χ3n) is 3.41. The van der Waals surface area contributed by atoms with Crippen LogP contribution in [0.4, 0.5) is 5.69 Å². The Bertz CT molecular complexity index is 702. The Balaban J connectivity index is 1.99. The Kier molecular flexibility index (Phi) is 6.32. The topological polar surface area (TPSA) is 73.6 Å². The molecule has 0 aliphatic rings. The lowest BCUT2D eigenvalue weighted by atomic mass is 10.1. The average Bonchev–Trinajstić information content (AvgIpc) is 2.57. The Morgan fingerprint density at radius 3 is 2.54 bits per heavy atom. The Morgan fingerprint density at radius 1 is 1.21 bits per heavy atom. The summed E-state index contributed by atoms with van der Waals surface area (Å²) < 4.78 is 10.8. The quantitative estimate of drug-likeness (QED) is 0.754. The van der Waals surface area contributed by atoms with Crippen molar-refractivity contribution in [1.29, 1.82) is 0 Å². The number of rotatable bonds is 7. The lowest BCUT2D eigenvalue weighted by Crippen LogP contribution is -2.24. The predicted molar refractivity (Wildman–Crippen MR) is 95.6 cm³/mol. The fraction of sp³-hybridized carbons (Fsp3) is 0.278. The number of hydrogen-bond acceptors (Lipinski definition) is 4. The SMILES string of the molecule is CCOc1c(Cl)cc(CNC(=O)Cc2ccc(N)cc2)cc1OC. The van der Waals surface area contributed by atoms with Gasteiger partial charge >= 0.3 is 0 Å². The van der Waals surface area contributed by atoms with Gasteiger partial charge in [-0.05, 0) is 42.3 Å². The number of carbonyl (C=O) groups excluding carboxylic acids is 1. The van der Waals surface area contributed by atoms with Gasteiger partial charge < -0.3 is 20.5 Å². The van der Waals surface area contributed by atoms with Crippen molar-refractivity contribution in [1.82, 2.24) is 5.32 Å². The van der Waals surface area contributed by atoms with Gasteiger partial charge in [0.2, 0.25) is 5.91 Å². The van der Waals surface area contributed by atoms with Gasteiger partial charge in [0, 0.05) is 12.2 Å². The molecule has 0 bridgehead atoms. The van der Waals surface area contributed by atoms with Crippen LogP contribution < -0.4 is 20.5 Å². The van der Waals surface area contributed by atoms with Gasteiger partial charge in [-0.15, -0.1) is 0 Å². The number of benzene rings is 2. The van der Waals surface area contributed by atoms with E-state index >= 15 is 0 Å². The van der Waals surface area contributed by atoms with E-state index in [4.69, 9.17) is 26.8 Å². The molecule has 1 amide bonds. The van der Waals surface area contributed by atoms with E-state index in [2.05, 4.69) is 5.32 Å². The molecule has 6 heteroatoms. The van der Waals surface area contributed by atoms with E-state index in [1.165, 1.54) is 0 Å². The number of methoxy groups -OCH3 is 1. The van der Waals surface area contributed by atoms with Crippen molar-refractivity contribution in [2.24, 2.45) is 0 Å². The summed E-state index contributed by atoms with van der Waals surface area (Å²) in [5.41, 5.74) is 8.05. The second kappa shape index (κ2) is 8.45. The first-order chi connectivity index (χ1) is 11.5. The van der Waals surface area contributed by atoms with Crippen LogP contribution in [0.3, 0.4) is 0 Å². The number of amides is 1. The molecule has 2 rings (SSSR count). The number of halogens is 1. The molecule has 0 saturated carbocycles. The first-order valence-electron chi connectivity index (χ1n) is 7.63. The summed E-state index contributed by atoms with van der Waals surface area (Å²) in [5, 5.41) is 3.32. The van der Waals surface area contributed by atoms with Crippen LogP contribution in [0.1, 0.15) is 18.1 Å². The molecule has 0 aromatic heterocycles. The maximum atomic E-state index is 12.0. The molecular weight excluding hydrogens is 328 g/mol. The highest BCUT2D eigenvalue weighted by atomic mass is 35.5. The summed E-state index contributed by atoms with van der Waals surface area (Å²) in [6.07, 6.45) is 0.294. The van der Waals surface area contributed by atoms with Crippen molar-refractivity contribution in [3.05, 3.63) is 52.5 Å². The van der Waals surface area contributed by atoms with Crippen LogP contribution in [-0.2, 0) is 17.8 Å². The Hall–Kier alpha value is -2.40. The van der Waals surface area contributed by atoms with Crippen LogP contribution in [0.15, 0.2) is 36.4 Å². The van der Waals surface area contributed by atoms with E-state index in [0.29, 0.717) is 41.8 Å². The molecule has 2 aromatic rings. The van der Waals surface area contributed by atoms with E-state index in [9.17, 15) is 4.79 Å². The number of hydrogen-bond donors (Lipinski definition) is 2. The first kappa shape index (κ1) is 17.9. The molecule has 0 aliphatic heterocycles. The highest BCUT2D eigenvalue weighted by Crippen LogP contribution is 2.36. The molecule has 0 unspecified atom stereocenters. The van der Waals surface area contributed by atoms with Crippen LogP contribution in [0.2, 0.25) is 5.02 Å². The zero-order valence-corrected chi connectivity index (χ0v) is 14.5. The molecule has 2 aromatic carbocycles. The van der Waals surface area contributed by atoms with Gasteiger partial charge in [-0.1, -0.05) is 23.7 Å². The van der Waals surface area contributed by atoms with Gasteiger partial charge in [-0.25, -0.2) is 0 Å². The Labute approximate surface area is 146 Å². The van der Waals surface area contributed by atoms with Crippen molar-refractivity contribution in [3.63, 3.8) is 0 Å². The minimum absolute atomic E-state index is 0.0799. The normalized spacial score (nSPS) is 10.3. The third-order valence-corrected chi connectivity index (χ3v) is 3.69. The summed E-state index contributed by atoms with van der Waals surface area (Å²) >= 11 is 6.22. The van der Waals surface area contributed by atoms with E-state index in [-0.39, 0.29) is 5.91 Å². The number of nitrogen functional groups attached to an aromatic ring is 1. The molecule has 5 nitrogen and oxygen atoms in total. The van der Waals surface area contributed by atoms with Crippen LogP contribution in [0.5, 0.6) is 11.5 Å². The summed E-state index contributed by atoms with van der Waals surface area (Å²) in [6, 6.07) is 10.8. The fourth-order valence-corrected chi connectivity index (χ4v) is 2.53. The summed E-state index contributed by atoms with van der Waals surface area (Å²) in [7, 11) is 1.55. The minimum Gasteiger partial charge on any atom is -0.493 e. The highest BCUT2D eigenvalue weighted by molar-refractivity contribution is 6.32. The standard InChI is InChI=1S/C18H21ClN2O3/c1-3-24-18-15(19)8-13(9-16(18)23-2)11-21-17(22)10-12-4-6-14(20)7-5-12/h4-9H,3,10-11,20H2,1-2H3,(H,21,22). The van der Waals surface area contributed by atoms with Crippen molar-refractivity contribution >= 4 is 23.2 Å². The van der Waals surface area contributed by atoms with Crippen LogP contribution >= 0.6 is 11.6 Å². The lowest BCUT2D eigenvalue weighted by molar-refractivity contribution is -0.120. The van der Waals surface area contributed by atoms with Crippen molar-refractivity contribution in [2.45, 2.75) is 19.9 Å². The van der Waals surface area contributed by atoms with Crippen molar-refractivity contribution in [3.8, 4) is 11.5 Å². The molecule has 24 heavy (non-hydrogen) atoms. The van der Waals surface area contributed by atoms with E-state index in [1.807, 2.05) is 19.1 Å². The Morgan fingerprint density at radius 2 is 1.92 bits per heavy atom. The largest absolute Gasteiger partial charge is 0.493 e. The monoisotopic (exact) mass is 348 g/mol. The second-order valence-electron chi connectivity index (χ2n) is 5.24. The number of nitrogens with one attached hydrogen (secondary N) is 1. The van der Waals surface area contributed by atoms with Gasteiger partial charge in [0.1, 0.15) is 0 Å². The van der Waals surface area contributed by atoms with Gasteiger partial charge in [0.05, 0.1) is 25.2 Å². The van der Waals surface area contributed by atoms with Crippen molar-refractivity contribution in [2.75, 3.05) is 19.5 Å².